The Morgan fingerprint density at radius 2 is 2.06 bits per heavy atom. The number of hydrogen-bond acceptors (Lipinski definition) is 6. The van der Waals surface area contributed by atoms with Crippen molar-refractivity contribution in [1.82, 2.24) is 19.6 Å². The maximum atomic E-state index is 15.1. The van der Waals surface area contributed by atoms with Crippen LogP contribution < -0.4 is 10.0 Å². The molecule has 0 aliphatic carbocycles. The molecule has 1 aromatic carbocycles. The van der Waals surface area contributed by atoms with Crippen LogP contribution in [-0.4, -0.2) is 42.3 Å². The minimum absolute atomic E-state index is 0.0580. The van der Waals surface area contributed by atoms with Crippen LogP contribution in [0.15, 0.2) is 40.9 Å². The van der Waals surface area contributed by atoms with Gasteiger partial charge >= 0.3 is 6.03 Å². The molecule has 34 heavy (non-hydrogen) atoms. The maximum Gasteiger partial charge on any atom is 0.328 e. The van der Waals surface area contributed by atoms with Crippen molar-refractivity contribution in [1.29, 1.82) is 0 Å². The van der Waals surface area contributed by atoms with Crippen molar-refractivity contribution in [3.63, 3.8) is 0 Å². The number of amides is 2. The number of nitrogens with zero attached hydrogens (tertiary/aromatic N) is 2. The summed E-state index contributed by atoms with van der Waals surface area (Å²) in [6, 6.07) is 5.45. The summed E-state index contributed by atoms with van der Waals surface area (Å²) in [7, 11) is -4.22. The monoisotopic (exact) mass is 508 g/mol. The molecule has 0 saturated heterocycles. The summed E-state index contributed by atoms with van der Waals surface area (Å²) in [5.74, 6) is 0.672. The van der Waals surface area contributed by atoms with Gasteiger partial charge < -0.3 is 15.0 Å². The zero-order valence-corrected chi connectivity index (χ0v) is 21.0. The molecule has 3 N–H and O–H groups in total. The molecule has 2 heterocycles. The number of aryl methyl sites for hydroxylation is 1. The van der Waals surface area contributed by atoms with E-state index in [1.54, 1.807) is 30.6 Å². The standard InChI is InChI=1S/C23H29FN4O4S2/c1-4-21-25-7-9-28(21)14-17-6-5-16(12-20(17)24)19-13-18(11-15(2)3)33-22(19)34(31,32)27-23(30)26-8-10-29/h5-7,9,12-13,15,29H,4,8,10-11,14H2,1-3H3,(H2,26,27,30). The van der Waals surface area contributed by atoms with E-state index in [1.165, 1.54) is 6.07 Å². The molecule has 0 saturated carbocycles. The third-order valence-electron chi connectivity index (χ3n) is 5.05. The summed E-state index contributed by atoms with van der Waals surface area (Å²) in [5, 5.41) is 11.1. The molecule has 0 fully saturated rings. The van der Waals surface area contributed by atoms with Crippen molar-refractivity contribution in [2.24, 2.45) is 5.92 Å². The van der Waals surface area contributed by atoms with Crippen molar-refractivity contribution < 1.29 is 22.7 Å². The number of aromatic nitrogens is 2. The predicted octanol–water partition coefficient (Wildman–Crippen LogP) is 3.54. The first-order valence-corrected chi connectivity index (χ1v) is 13.3. The summed E-state index contributed by atoms with van der Waals surface area (Å²) >= 11 is 1.06. The Hall–Kier alpha value is -2.76. The first kappa shape index (κ1) is 25.9. The Balaban J connectivity index is 1.97. The van der Waals surface area contributed by atoms with Gasteiger partial charge in [-0.25, -0.2) is 27.3 Å². The second-order valence-electron chi connectivity index (χ2n) is 8.23. The van der Waals surface area contributed by atoms with E-state index >= 15 is 4.39 Å². The fourth-order valence-corrected chi connectivity index (χ4v) is 6.40. The molecular weight excluding hydrogens is 479 g/mol. The molecule has 0 spiro atoms. The van der Waals surface area contributed by atoms with Crippen molar-refractivity contribution >= 4 is 27.4 Å². The van der Waals surface area contributed by atoms with Crippen LogP contribution >= 0.6 is 11.3 Å². The smallest absolute Gasteiger partial charge is 0.328 e. The third-order valence-corrected chi connectivity index (χ3v) is 8.07. The lowest BCUT2D eigenvalue weighted by Gasteiger charge is -2.11. The molecule has 11 heteroatoms. The lowest BCUT2D eigenvalue weighted by atomic mass is 10.0. The molecule has 0 aliphatic heterocycles. The van der Waals surface area contributed by atoms with Gasteiger partial charge in [0.25, 0.3) is 10.0 Å². The van der Waals surface area contributed by atoms with E-state index in [1.807, 2.05) is 30.1 Å². The number of sulfonamides is 1. The molecule has 2 amide bonds. The number of urea groups is 1. The van der Waals surface area contributed by atoms with Gasteiger partial charge in [0, 0.05) is 41.4 Å². The molecule has 184 valence electrons. The summed E-state index contributed by atoms with van der Waals surface area (Å²) in [6.45, 7) is 5.92. The molecule has 0 bridgehead atoms. The lowest BCUT2D eigenvalue weighted by Crippen LogP contribution is -2.40. The van der Waals surface area contributed by atoms with Gasteiger partial charge in [0.1, 0.15) is 15.9 Å². The zero-order valence-electron chi connectivity index (χ0n) is 19.3. The van der Waals surface area contributed by atoms with Crippen LogP contribution in [-0.2, 0) is 29.4 Å². The first-order valence-electron chi connectivity index (χ1n) is 11.0. The fourth-order valence-electron chi connectivity index (χ4n) is 3.53. The second kappa shape index (κ2) is 11.1. The summed E-state index contributed by atoms with van der Waals surface area (Å²) in [6.07, 6.45) is 4.83. The Kier molecular flexibility index (Phi) is 8.45. The zero-order chi connectivity index (χ0) is 24.9. The number of benzene rings is 1. The van der Waals surface area contributed by atoms with Gasteiger partial charge in [0.05, 0.1) is 13.2 Å². The molecule has 0 atom stereocenters. The molecule has 0 aliphatic rings. The van der Waals surface area contributed by atoms with Gasteiger partial charge in [0.2, 0.25) is 0 Å². The summed E-state index contributed by atoms with van der Waals surface area (Å²) in [4.78, 5) is 17.0. The van der Waals surface area contributed by atoms with Gasteiger partial charge in [-0.05, 0) is 30.0 Å². The molecule has 3 rings (SSSR count). The van der Waals surface area contributed by atoms with Gasteiger partial charge in [-0.2, -0.15) is 0 Å². The van der Waals surface area contributed by atoms with Gasteiger partial charge in [-0.15, -0.1) is 11.3 Å². The molecule has 8 nitrogen and oxygen atoms in total. The van der Waals surface area contributed by atoms with Crippen LogP contribution in [0, 0.1) is 11.7 Å². The van der Waals surface area contributed by atoms with Gasteiger partial charge in [-0.1, -0.05) is 32.9 Å². The van der Waals surface area contributed by atoms with E-state index in [2.05, 4.69) is 10.3 Å². The van der Waals surface area contributed by atoms with Crippen LogP contribution in [0.4, 0.5) is 9.18 Å². The van der Waals surface area contributed by atoms with Crippen LogP contribution in [0.3, 0.4) is 0 Å². The topological polar surface area (TPSA) is 113 Å². The number of aliphatic hydroxyl groups is 1. The molecule has 2 aromatic heterocycles. The average molecular weight is 509 g/mol. The molecular formula is C23H29FN4O4S2. The van der Waals surface area contributed by atoms with Crippen LogP contribution in [0.25, 0.3) is 11.1 Å². The number of hydrogen-bond donors (Lipinski definition) is 3. The van der Waals surface area contributed by atoms with E-state index < -0.39 is 21.9 Å². The second-order valence-corrected chi connectivity index (χ2v) is 11.2. The van der Waals surface area contributed by atoms with E-state index in [9.17, 15) is 13.2 Å². The highest BCUT2D eigenvalue weighted by atomic mass is 32.2. The first-order chi connectivity index (χ1) is 16.1. The van der Waals surface area contributed by atoms with Crippen LogP contribution in [0.5, 0.6) is 0 Å². The van der Waals surface area contributed by atoms with E-state index in [0.29, 0.717) is 29.7 Å². The highest BCUT2D eigenvalue weighted by Crippen LogP contribution is 2.37. The van der Waals surface area contributed by atoms with Crippen LogP contribution in [0.1, 0.15) is 37.0 Å². The van der Waals surface area contributed by atoms with E-state index in [0.717, 1.165) is 28.5 Å². The fraction of sp³-hybridized carbons (Fsp3) is 0.391. The number of thiophene rings is 1. The maximum absolute atomic E-state index is 15.1. The number of carbonyl (C=O) groups excluding carboxylic acids is 1. The van der Waals surface area contributed by atoms with Gasteiger partial charge in [0.15, 0.2) is 0 Å². The number of imidazole rings is 1. The normalized spacial score (nSPS) is 11.7. The predicted molar refractivity (Wildman–Crippen MR) is 130 cm³/mol. The van der Waals surface area contributed by atoms with E-state index in [-0.39, 0.29) is 23.3 Å². The Bertz CT molecular complexity index is 1250. The number of aliphatic hydroxyl groups excluding tert-OH is 1. The summed E-state index contributed by atoms with van der Waals surface area (Å²) < 4.78 is 44.9. The molecule has 0 radical (unpaired) electrons. The minimum Gasteiger partial charge on any atom is -0.395 e. The van der Waals surface area contributed by atoms with Gasteiger partial charge in [-0.3, -0.25) is 0 Å². The molecule has 3 aromatic rings. The summed E-state index contributed by atoms with van der Waals surface area (Å²) in [5.41, 5.74) is 1.20. The number of rotatable bonds is 10. The highest BCUT2D eigenvalue weighted by molar-refractivity contribution is 7.92. The third kappa shape index (κ3) is 6.22. The van der Waals surface area contributed by atoms with E-state index in [4.69, 9.17) is 5.11 Å². The van der Waals surface area contributed by atoms with Crippen LogP contribution in [0.2, 0.25) is 0 Å². The Morgan fingerprint density at radius 1 is 1.29 bits per heavy atom. The number of carbonyl (C=O) groups is 1. The number of halogens is 1. The molecule has 0 unspecified atom stereocenters. The Morgan fingerprint density at radius 3 is 2.71 bits per heavy atom. The van der Waals surface area contributed by atoms with Crippen molar-refractivity contribution in [2.45, 2.75) is 44.4 Å². The van der Waals surface area contributed by atoms with Crippen molar-refractivity contribution in [2.75, 3.05) is 13.2 Å². The largest absolute Gasteiger partial charge is 0.395 e. The highest BCUT2D eigenvalue weighted by Gasteiger charge is 2.26. The van der Waals surface area contributed by atoms with Crippen molar-refractivity contribution in [3.8, 4) is 11.1 Å². The number of nitrogens with one attached hydrogen (secondary N) is 2. The lowest BCUT2D eigenvalue weighted by molar-refractivity contribution is 0.239. The van der Waals surface area contributed by atoms with Crippen molar-refractivity contribution in [3.05, 3.63) is 58.7 Å². The SMILES string of the molecule is CCc1nccn1Cc1ccc(-c2cc(CC(C)C)sc2S(=O)(=O)NC(=O)NCCO)cc1F. The average Bonchev–Trinajstić information content (AvgIpc) is 3.40. The quantitative estimate of drug-likeness (QED) is 0.388. The Labute approximate surface area is 202 Å². The minimum atomic E-state index is -4.22.